The van der Waals surface area contributed by atoms with E-state index in [-0.39, 0.29) is 0 Å². The molecule has 0 heterocycles. The van der Waals surface area contributed by atoms with Crippen molar-refractivity contribution in [1.29, 1.82) is 0 Å². The van der Waals surface area contributed by atoms with E-state index in [0.717, 1.165) is 32.8 Å². The molecule has 1 unspecified atom stereocenters. The van der Waals surface area contributed by atoms with Crippen LogP contribution in [-0.2, 0) is 4.74 Å². The Hall–Kier alpha value is 0.230. The van der Waals surface area contributed by atoms with Gasteiger partial charge in [0.2, 0.25) is 0 Å². The van der Waals surface area contributed by atoms with E-state index in [4.69, 9.17) is 4.74 Å². The molecule has 0 rings (SSSR count). The lowest BCUT2D eigenvalue weighted by Crippen LogP contribution is -2.36. The van der Waals surface area contributed by atoms with Crippen LogP contribution >= 0.6 is 11.8 Å². The summed E-state index contributed by atoms with van der Waals surface area (Å²) in [6.45, 7) is 9.38. The molecule has 0 aliphatic carbocycles. The Kier molecular flexibility index (Phi) is 13.8. The van der Waals surface area contributed by atoms with Crippen LogP contribution in [0.3, 0.4) is 0 Å². The molecule has 0 aliphatic heterocycles. The summed E-state index contributed by atoms with van der Waals surface area (Å²) in [5.74, 6) is 1.25. The van der Waals surface area contributed by atoms with Gasteiger partial charge < -0.3 is 15.0 Å². The topological polar surface area (TPSA) is 24.5 Å². The van der Waals surface area contributed by atoms with Crippen LogP contribution in [0.25, 0.3) is 0 Å². The molecule has 0 amide bonds. The predicted octanol–water partition coefficient (Wildman–Crippen LogP) is 2.47. The lowest BCUT2D eigenvalue weighted by molar-refractivity contribution is 0.132. The van der Waals surface area contributed by atoms with Crippen LogP contribution in [-0.4, -0.2) is 62.8 Å². The average Bonchev–Trinajstić information content (AvgIpc) is 2.38. The van der Waals surface area contributed by atoms with E-state index < -0.39 is 0 Å². The first-order valence-corrected chi connectivity index (χ1v) is 8.59. The summed E-state index contributed by atoms with van der Waals surface area (Å²) >= 11 is 1.93. The molecular formula is C14H32N2OS. The highest BCUT2D eigenvalue weighted by Crippen LogP contribution is 2.04. The Labute approximate surface area is 118 Å². The van der Waals surface area contributed by atoms with E-state index in [1.54, 1.807) is 0 Å². The van der Waals surface area contributed by atoms with Crippen molar-refractivity contribution in [3.8, 4) is 0 Å². The van der Waals surface area contributed by atoms with Gasteiger partial charge in [-0.3, -0.25) is 0 Å². The van der Waals surface area contributed by atoms with Gasteiger partial charge in [0.05, 0.1) is 6.61 Å². The van der Waals surface area contributed by atoms with Gasteiger partial charge >= 0.3 is 0 Å². The largest absolute Gasteiger partial charge is 0.380 e. The summed E-state index contributed by atoms with van der Waals surface area (Å²) in [7, 11) is 2.21. The van der Waals surface area contributed by atoms with Crippen molar-refractivity contribution in [2.24, 2.45) is 0 Å². The number of thioether (sulfide) groups is 1. The summed E-state index contributed by atoms with van der Waals surface area (Å²) in [6, 6.07) is 0.681. The third kappa shape index (κ3) is 11.3. The molecule has 4 heteroatoms. The van der Waals surface area contributed by atoms with Crippen molar-refractivity contribution < 1.29 is 4.74 Å². The zero-order chi connectivity index (χ0) is 13.6. The average molecular weight is 276 g/mol. The number of hydrogen-bond acceptors (Lipinski definition) is 4. The van der Waals surface area contributed by atoms with Gasteiger partial charge in [0.15, 0.2) is 0 Å². The molecule has 3 nitrogen and oxygen atoms in total. The molecule has 18 heavy (non-hydrogen) atoms. The zero-order valence-corrected chi connectivity index (χ0v) is 13.5. The Morgan fingerprint density at radius 3 is 2.72 bits per heavy atom. The quantitative estimate of drug-likeness (QED) is 0.522. The summed E-state index contributed by atoms with van der Waals surface area (Å²) in [4.78, 5) is 2.43. The van der Waals surface area contributed by atoms with Gasteiger partial charge in [0.1, 0.15) is 0 Å². The Morgan fingerprint density at radius 2 is 2.06 bits per heavy atom. The molecule has 0 bridgehead atoms. The van der Waals surface area contributed by atoms with Gasteiger partial charge in [0, 0.05) is 32.3 Å². The predicted molar refractivity (Wildman–Crippen MR) is 83.7 cm³/mol. The van der Waals surface area contributed by atoms with Crippen molar-refractivity contribution in [3.05, 3.63) is 0 Å². The molecule has 110 valence electrons. The Bertz CT molecular complexity index is 170. The molecule has 0 saturated carbocycles. The number of ether oxygens (including phenoxy) is 1. The maximum atomic E-state index is 5.50. The van der Waals surface area contributed by atoms with Crippen LogP contribution in [0.5, 0.6) is 0 Å². The van der Waals surface area contributed by atoms with E-state index in [1.807, 2.05) is 11.8 Å². The van der Waals surface area contributed by atoms with E-state index in [0.29, 0.717) is 6.04 Å². The summed E-state index contributed by atoms with van der Waals surface area (Å²) in [6.07, 6.45) is 5.84. The van der Waals surface area contributed by atoms with Crippen LogP contribution in [0.1, 0.15) is 33.1 Å². The maximum Gasteiger partial charge on any atom is 0.0590 e. The van der Waals surface area contributed by atoms with Gasteiger partial charge in [0.25, 0.3) is 0 Å². The second-order valence-corrected chi connectivity index (χ2v) is 5.81. The monoisotopic (exact) mass is 276 g/mol. The van der Waals surface area contributed by atoms with Crippen LogP contribution in [0.2, 0.25) is 0 Å². The number of unbranched alkanes of at least 4 members (excludes halogenated alkanes) is 1. The van der Waals surface area contributed by atoms with Crippen molar-refractivity contribution in [3.63, 3.8) is 0 Å². The van der Waals surface area contributed by atoms with E-state index >= 15 is 0 Å². The first-order valence-electron chi connectivity index (χ1n) is 7.20. The highest BCUT2D eigenvalue weighted by atomic mass is 32.2. The molecule has 0 spiro atoms. The molecule has 1 atom stereocenters. The molecule has 0 aromatic carbocycles. The third-order valence-corrected chi connectivity index (χ3v) is 3.84. The molecule has 0 fully saturated rings. The summed E-state index contributed by atoms with van der Waals surface area (Å²) in [5, 5.41) is 3.43. The third-order valence-electron chi connectivity index (χ3n) is 3.20. The van der Waals surface area contributed by atoms with Crippen LogP contribution < -0.4 is 5.32 Å². The van der Waals surface area contributed by atoms with Gasteiger partial charge in [-0.15, -0.1) is 0 Å². The number of likely N-dealkylation sites (N-methyl/N-ethyl adjacent to an activating group) is 1. The Balaban J connectivity index is 3.26. The van der Waals surface area contributed by atoms with Crippen LogP contribution in [0.4, 0.5) is 0 Å². The summed E-state index contributed by atoms with van der Waals surface area (Å²) in [5.41, 5.74) is 0. The molecule has 1 N–H and O–H groups in total. The number of rotatable bonds is 13. The number of hydrogen-bond donors (Lipinski definition) is 1. The number of nitrogens with zero attached hydrogens (tertiary/aromatic N) is 1. The molecule has 0 aliphatic rings. The van der Waals surface area contributed by atoms with Crippen molar-refractivity contribution in [2.45, 2.75) is 39.2 Å². The van der Waals surface area contributed by atoms with E-state index in [9.17, 15) is 0 Å². The number of nitrogens with one attached hydrogen (secondary N) is 1. The standard InChI is InChI=1S/C14H32N2OS/c1-5-6-11-17-12-9-15-8-10-16(3)14(2)7-13-18-4/h14-15H,5-13H2,1-4H3. The van der Waals surface area contributed by atoms with Gasteiger partial charge in [-0.2, -0.15) is 11.8 Å². The van der Waals surface area contributed by atoms with E-state index in [1.165, 1.54) is 25.0 Å². The molecule has 0 aromatic heterocycles. The second kappa shape index (κ2) is 13.7. The fourth-order valence-corrected chi connectivity index (χ4v) is 2.18. The fraction of sp³-hybridized carbons (Fsp3) is 1.00. The molecule has 0 radical (unpaired) electrons. The Morgan fingerprint density at radius 1 is 1.28 bits per heavy atom. The zero-order valence-electron chi connectivity index (χ0n) is 12.7. The first kappa shape index (κ1) is 18.2. The minimum absolute atomic E-state index is 0.681. The van der Waals surface area contributed by atoms with Crippen LogP contribution in [0.15, 0.2) is 0 Å². The van der Waals surface area contributed by atoms with Crippen molar-refractivity contribution >= 4 is 11.8 Å². The molecule has 0 aromatic rings. The molecule has 0 saturated heterocycles. The normalized spacial score (nSPS) is 13.2. The SMILES string of the molecule is CCCCOCCNCCN(C)C(C)CCSC. The molecular weight excluding hydrogens is 244 g/mol. The van der Waals surface area contributed by atoms with Gasteiger partial charge in [-0.25, -0.2) is 0 Å². The minimum Gasteiger partial charge on any atom is -0.380 e. The van der Waals surface area contributed by atoms with E-state index in [2.05, 4.69) is 37.4 Å². The highest BCUT2D eigenvalue weighted by molar-refractivity contribution is 7.98. The van der Waals surface area contributed by atoms with Crippen molar-refractivity contribution in [1.82, 2.24) is 10.2 Å². The maximum absolute atomic E-state index is 5.50. The van der Waals surface area contributed by atoms with Gasteiger partial charge in [-0.1, -0.05) is 13.3 Å². The minimum atomic E-state index is 0.681. The summed E-state index contributed by atoms with van der Waals surface area (Å²) < 4.78 is 5.50. The van der Waals surface area contributed by atoms with Crippen molar-refractivity contribution in [2.75, 3.05) is 51.9 Å². The lowest BCUT2D eigenvalue weighted by Gasteiger charge is -2.24. The van der Waals surface area contributed by atoms with Gasteiger partial charge in [-0.05, 0) is 38.8 Å². The second-order valence-electron chi connectivity index (χ2n) is 4.83. The first-order chi connectivity index (χ1) is 8.72. The lowest BCUT2D eigenvalue weighted by atomic mass is 10.2. The smallest absolute Gasteiger partial charge is 0.0590 e. The highest BCUT2D eigenvalue weighted by Gasteiger charge is 2.07. The fourth-order valence-electron chi connectivity index (χ4n) is 1.60. The van der Waals surface area contributed by atoms with Crippen LogP contribution in [0, 0.1) is 0 Å².